The first-order valence-electron chi connectivity index (χ1n) is 8.04. The van der Waals surface area contributed by atoms with E-state index < -0.39 is 0 Å². The minimum absolute atomic E-state index is 0.470. The number of halogens is 2. The van der Waals surface area contributed by atoms with Gasteiger partial charge in [-0.2, -0.15) is 0 Å². The Morgan fingerprint density at radius 3 is 2.72 bits per heavy atom. The first-order valence-corrected chi connectivity index (χ1v) is 8.80. The molecular weight excluding hydrogens is 355 g/mol. The van der Waals surface area contributed by atoms with Crippen molar-refractivity contribution in [2.45, 2.75) is 13.0 Å². The molecule has 0 fully saturated rings. The second-order valence-corrected chi connectivity index (χ2v) is 6.69. The first-order chi connectivity index (χ1) is 12.2. The van der Waals surface area contributed by atoms with Crippen LogP contribution in [-0.2, 0) is 13.0 Å². The van der Waals surface area contributed by atoms with Crippen LogP contribution in [0.5, 0.6) is 0 Å². The standard InChI is InChI=1S/C19H16Cl2N4/c20-12-5-6-17-15(9-12)19(14-3-1-2-4-16(14)21)24-11-18-23-10-13(7-8-22)25(17)18/h1-6,9-10H,7-8,11,22H2. The van der Waals surface area contributed by atoms with E-state index in [0.717, 1.165) is 40.5 Å². The van der Waals surface area contributed by atoms with Gasteiger partial charge in [0.2, 0.25) is 0 Å². The van der Waals surface area contributed by atoms with Crippen molar-refractivity contribution in [3.8, 4) is 5.69 Å². The Labute approximate surface area is 155 Å². The molecule has 0 atom stereocenters. The van der Waals surface area contributed by atoms with Gasteiger partial charge in [-0.25, -0.2) is 4.98 Å². The normalized spacial score (nSPS) is 13.0. The van der Waals surface area contributed by atoms with Crippen molar-refractivity contribution >= 4 is 28.9 Å². The largest absolute Gasteiger partial charge is 0.330 e. The van der Waals surface area contributed by atoms with Crippen molar-refractivity contribution in [2.75, 3.05) is 6.54 Å². The molecule has 2 aromatic carbocycles. The molecule has 0 bridgehead atoms. The molecule has 0 saturated carbocycles. The predicted molar refractivity (Wildman–Crippen MR) is 102 cm³/mol. The van der Waals surface area contributed by atoms with E-state index in [1.807, 2.05) is 48.7 Å². The monoisotopic (exact) mass is 370 g/mol. The summed E-state index contributed by atoms with van der Waals surface area (Å²) in [5, 5.41) is 1.32. The Hall–Kier alpha value is -2.14. The highest BCUT2D eigenvalue weighted by molar-refractivity contribution is 6.36. The number of rotatable bonds is 3. The van der Waals surface area contributed by atoms with Gasteiger partial charge in [0, 0.05) is 39.5 Å². The minimum atomic E-state index is 0.470. The van der Waals surface area contributed by atoms with Crippen LogP contribution >= 0.6 is 23.2 Å². The zero-order chi connectivity index (χ0) is 17.4. The molecule has 4 nitrogen and oxygen atoms in total. The number of imidazole rings is 1. The predicted octanol–water partition coefficient (Wildman–Crippen LogP) is 4.03. The third kappa shape index (κ3) is 2.86. The summed E-state index contributed by atoms with van der Waals surface area (Å²) in [7, 11) is 0. The fourth-order valence-corrected chi connectivity index (χ4v) is 3.57. The van der Waals surface area contributed by atoms with Gasteiger partial charge in [-0.05, 0) is 30.8 Å². The highest BCUT2D eigenvalue weighted by Gasteiger charge is 2.22. The van der Waals surface area contributed by atoms with Gasteiger partial charge in [-0.15, -0.1) is 0 Å². The highest BCUT2D eigenvalue weighted by Crippen LogP contribution is 2.30. The first kappa shape index (κ1) is 16.3. The van der Waals surface area contributed by atoms with Crippen LogP contribution < -0.4 is 5.73 Å². The molecule has 0 radical (unpaired) electrons. The van der Waals surface area contributed by atoms with E-state index >= 15 is 0 Å². The maximum absolute atomic E-state index is 6.43. The summed E-state index contributed by atoms with van der Waals surface area (Å²) in [5.41, 5.74) is 10.5. The molecule has 0 aliphatic carbocycles. The highest BCUT2D eigenvalue weighted by atomic mass is 35.5. The fourth-order valence-electron chi connectivity index (χ4n) is 3.17. The quantitative estimate of drug-likeness (QED) is 0.756. The average Bonchev–Trinajstić information content (AvgIpc) is 2.92. The third-order valence-electron chi connectivity index (χ3n) is 4.27. The Balaban J connectivity index is 1.98. The van der Waals surface area contributed by atoms with Gasteiger partial charge in [-0.3, -0.25) is 9.56 Å². The van der Waals surface area contributed by atoms with Gasteiger partial charge in [0.05, 0.1) is 17.9 Å². The molecule has 1 aliphatic heterocycles. The topological polar surface area (TPSA) is 56.2 Å². The van der Waals surface area contributed by atoms with Crippen molar-refractivity contribution in [3.05, 3.63) is 81.4 Å². The molecule has 126 valence electrons. The summed E-state index contributed by atoms with van der Waals surface area (Å²) in [6, 6.07) is 13.5. The molecule has 2 N–H and O–H groups in total. The number of aliphatic imine (C=N–C) groups is 1. The van der Waals surface area contributed by atoms with Crippen LogP contribution in [-0.4, -0.2) is 21.8 Å². The molecule has 6 heteroatoms. The van der Waals surface area contributed by atoms with Crippen LogP contribution in [0.15, 0.2) is 53.7 Å². The van der Waals surface area contributed by atoms with Crippen LogP contribution in [0.1, 0.15) is 22.6 Å². The summed E-state index contributed by atoms with van der Waals surface area (Å²) < 4.78 is 2.13. The van der Waals surface area contributed by atoms with E-state index in [0.29, 0.717) is 23.1 Å². The van der Waals surface area contributed by atoms with Crippen LogP contribution in [0.25, 0.3) is 5.69 Å². The minimum Gasteiger partial charge on any atom is -0.330 e. The second kappa shape index (κ2) is 6.64. The molecule has 0 spiro atoms. The van der Waals surface area contributed by atoms with E-state index in [9.17, 15) is 0 Å². The van der Waals surface area contributed by atoms with Crippen LogP contribution in [0, 0.1) is 0 Å². The van der Waals surface area contributed by atoms with Crippen LogP contribution in [0.3, 0.4) is 0 Å². The number of hydrogen-bond donors (Lipinski definition) is 1. The number of aromatic nitrogens is 2. The molecule has 0 amide bonds. The lowest BCUT2D eigenvalue weighted by Gasteiger charge is -2.15. The molecular formula is C19H16Cl2N4. The molecule has 25 heavy (non-hydrogen) atoms. The summed E-state index contributed by atoms with van der Waals surface area (Å²) in [6.07, 6.45) is 2.62. The maximum atomic E-state index is 6.43. The van der Waals surface area contributed by atoms with Gasteiger partial charge < -0.3 is 5.73 Å². The van der Waals surface area contributed by atoms with Crippen molar-refractivity contribution in [1.82, 2.24) is 9.55 Å². The zero-order valence-electron chi connectivity index (χ0n) is 13.4. The van der Waals surface area contributed by atoms with E-state index in [1.165, 1.54) is 0 Å². The lowest BCUT2D eigenvalue weighted by Crippen LogP contribution is -2.12. The number of hydrogen-bond acceptors (Lipinski definition) is 3. The number of fused-ring (bicyclic) bond motifs is 3. The second-order valence-electron chi connectivity index (χ2n) is 5.85. The Morgan fingerprint density at radius 2 is 1.92 bits per heavy atom. The zero-order valence-corrected chi connectivity index (χ0v) is 14.9. The van der Waals surface area contributed by atoms with Gasteiger partial charge in [0.15, 0.2) is 0 Å². The van der Waals surface area contributed by atoms with E-state index in [4.69, 9.17) is 33.9 Å². The summed E-state index contributed by atoms with van der Waals surface area (Å²) in [5.74, 6) is 0.883. The molecule has 4 rings (SSSR count). The van der Waals surface area contributed by atoms with Gasteiger partial charge in [0.1, 0.15) is 5.82 Å². The van der Waals surface area contributed by atoms with Crippen molar-refractivity contribution in [1.29, 1.82) is 0 Å². The molecule has 1 aromatic heterocycles. The van der Waals surface area contributed by atoms with E-state index in [1.54, 1.807) is 0 Å². The Bertz CT molecular complexity index is 975. The summed E-state index contributed by atoms with van der Waals surface area (Å²) >= 11 is 12.7. The summed E-state index contributed by atoms with van der Waals surface area (Å²) in [4.78, 5) is 9.35. The van der Waals surface area contributed by atoms with Crippen molar-refractivity contribution in [2.24, 2.45) is 10.7 Å². The lowest BCUT2D eigenvalue weighted by molar-refractivity contribution is 0.820. The third-order valence-corrected chi connectivity index (χ3v) is 4.84. The van der Waals surface area contributed by atoms with Gasteiger partial charge in [0.25, 0.3) is 0 Å². The SMILES string of the molecule is NCCc1cnc2n1-c1ccc(Cl)cc1C(c1ccccc1Cl)=NC2. The fraction of sp³-hybridized carbons (Fsp3) is 0.158. The summed E-state index contributed by atoms with van der Waals surface area (Å²) in [6.45, 7) is 1.03. The maximum Gasteiger partial charge on any atom is 0.135 e. The number of nitrogens with zero attached hydrogens (tertiary/aromatic N) is 3. The molecule has 0 unspecified atom stereocenters. The Morgan fingerprint density at radius 1 is 1.08 bits per heavy atom. The van der Waals surface area contributed by atoms with Crippen LogP contribution in [0.2, 0.25) is 10.0 Å². The Kier molecular flexibility index (Phi) is 4.34. The van der Waals surface area contributed by atoms with Crippen molar-refractivity contribution < 1.29 is 0 Å². The molecule has 3 aromatic rings. The average molecular weight is 371 g/mol. The van der Waals surface area contributed by atoms with Gasteiger partial charge in [-0.1, -0.05) is 41.4 Å². The van der Waals surface area contributed by atoms with Crippen LogP contribution in [0.4, 0.5) is 0 Å². The van der Waals surface area contributed by atoms with E-state index in [-0.39, 0.29) is 0 Å². The van der Waals surface area contributed by atoms with E-state index in [2.05, 4.69) is 9.55 Å². The molecule has 2 heterocycles. The number of nitrogens with two attached hydrogens (primary N) is 1. The van der Waals surface area contributed by atoms with Crippen molar-refractivity contribution in [3.63, 3.8) is 0 Å². The molecule has 1 aliphatic rings. The van der Waals surface area contributed by atoms with Gasteiger partial charge >= 0.3 is 0 Å². The smallest absolute Gasteiger partial charge is 0.135 e. The lowest BCUT2D eigenvalue weighted by atomic mass is 10.00. The molecule has 0 saturated heterocycles. The number of benzene rings is 2.